The normalized spacial score (nSPS) is 22.5. The molecule has 1 spiro atoms. The number of ether oxygens (including phenoxy) is 1. The average molecular weight is 233 g/mol. The van der Waals surface area contributed by atoms with Crippen LogP contribution in [0.5, 0.6) is 5.75 Å². The summed E-state index contributed by atoms with van der Waals surface area (Å²) < 4.78 is 6.11. The van der Waals surface area contributed by atoms with Crippen molar-refractivity contribution in [2.45, 2.75) is 43.8 Å². The summed E-state index contributed by atoms with van der Waals surface area (Å²) >= 11 is 0. The van der Waals surface area contributed by atoms with Crippen LogP contribution in [0, 0.1) is 0 Å². The van der Waals surface area contributed by atoms with Crippen LogP contribution in [0.4, 0.5) is 0 Å². The third kappa shape index (κ3) is 1.83. The third-order valence-electron chi connectivity index (χ3n) is 4.05. The molecule has 3 N–H and O–H groups in total. The Morgan fingerprint density at radius 3 is 2.82 bits per heavy atom. The highest BCUT2D eigenvalue weighted by atomic mass is 16.5. The highest BCUT2D eigenvalue weighted by Gasteiger charge is 2.41. The van der Waals surface area contributed by atoms with Crippen LogP contribution < -0.4 is 10.5 Å². The molecule has 2 aliphatic rings. The standard InChI is InChI=1S/C14H19NO2/c15-9-12(16)10-3-4-13-11(7-10)8-14(17-13)5-1-2-6-14/h3-4,7,12,16H,1-2,5-6,8-9,15H2. The predicted octanol–water partition coefficient (Wildman–Crippen LogP) is 1.93. The molecule has 3 nitrogen and oxygen atoms in total. The van der Waals surface area contributed by atoms with Gasteiger partial charge in [-0.3, -0.25) is 0 Å². The maximum absolute atomic E-state index is 9.75. The van der Waals surface area contributed by atoms with Crippen LogP contribution >= 0.6 is 0 Å². The minimum Gasteiger partial charge on any atom is -0.487 e. The van der Waals surface area contributed by atoms with Gasteiger partial charge in [-0.05, 0) is 48.9 Å². The molecule has 1 unspecified atom stereocenters. The molecule has 1 aliphatic heterocycles. The Morgan fingerprint density at radius 1 is 1.35 bits per heavy atom. The quantitative estimate of drug-likeness (QED) is 0.820. The molecule has 3 rings (SSSR count). The van der Waals surface area contributed by atoms with Crippen LogP contribution in [0.3, 0.4) is 0 Å². The van der Waals surface area contributed by atoms with Gasteiger partial charge in [0, 0.05) is 13.0 Å². The number of benzene rings is 1. The van der Waals surface area contributed by atoms with Gasteiger partial charge in [0.2, 0.25) is 0 Å². The summed E-state index contributed by atoms with van der Waals surface area (Å²) in [6.07, 6.45) is 5.30. The molecule has 92 valence electrons. The molecule has 1 saturated carbocycles. The van der Waals surface area contributed by atoms with Crippen molar-refractivity contribution >= 4 is 0 Å². The van der Waals surface area contributed by atoms with E-state index in [1.54, 1.807) is 0 Å². The summed E-state index contributed by atoms with van der Waals surface area (Å²) in [5.74, 6) is 1.000. The second kappa shape index (κ2) is 4.00. The lowest BCUT2D eigenvalue weighted by Crippen LogP contribution is -2.29. The van der Waals surface area contributed by atoms with Crippen molar-refractivity contribution in [3.05, 3.63) is 29.3 Å². The van der Waals surface area contributed by atoms with Crippen molar-refractivity contribution < 1.29 is 9.84 Å². The minimum absolute atomic E-state index is 0.0641. The number of nitrogens with two attached hydrogens (primary N) is 1. The molecule has 1 heterocycles. The molecule has 1 aliphatic carbocycles. The van der Waals surface area contributed by atoms with Gasteiger partial charge in [-0.2, -0.15) is 0 Å². The first-order valence-corrected chi connectivity index (χ1v) is 6.42. The number of rotatable bonds is 2. The Morgan fingerprint density at radius 2 is 2.12 bits per heavy atom. The Hall–Kier alpha value is -1.06. The van der Waals surface area contributed by atoms with Crippen molar-refractivity contribution in [2.75, 3.05) is 6.54 Å². The van der Waals surface area contributed by atoms with Gasteiger partial charge in [0.25, 0.3) is 0 Å². The second-order valence-corrected chi connectivity index (χ2v) is 5.29. The van der Waals surface area contributed by atoms with Crippen molar-refractivity contribution in [2.24, 2.45) is 5.73 Å². The van der Waals surface area contributed by atoms with E-state index in [2.05, 4.69) is 6.07 Å². The highest BCUT2D eigenvalue weighted by Crippen LogP contribution is 2.44. The molecule has 1 fully saturated rings. The molecule has 0 radical (unpaired) electrons. The van der Waals surface area contributed by atoms with Gasteiger partial charge in [0.05, 0.1) is 6.10 Å². The second-order valence-electron chi connectivity index (χ2n) is 5.29. The van der Waals surface area contributed by atoms with E-state index in [4.69, 9.17) is 10.5 Å². The molecule has 1 atom stereocenters. The summed E-state index contributed by atoms with van der Waals surface area (Å²) in [4.78, 5) is 0. The topological polar surface area (TPSA) is 55.5 Å². The van der Waals surface area contributed by atoms with E-state index >= 15 is 0 Å². The Balaban J connectivity index is 1.87. The first kappa shape index (κ1) is 11.1. The van der Waals surface area contributed by atoms with Crippen LogP contribution in [0.25, 0.3) is 0 Å². The summed E-state index contributed by atoms with van der Waals surface area (Å²) in [5.41, 5.74) is 7.69. The molecule has 0 amide bonds. The lowest BCUT2D eigenvalue weighted by molar-refractivity contribution is 0.103. The first-order chi connectivity index (χ1) is 8.22. The summed E-state index contributed by atoms with van der Waals surface area (Å²) in [6, 6.07) is 5.96. The van der Waals surface area contributed by atoms with Gasteiger partial charge in [0.15, 0.2) is 0 Å². The fraction of sp³-hybridized carbons (Fsp3) is 0.571. The van der Waals surface area contributed by atoms with Crippen molar-refractivity contribution in [3.63, 3.8) is 0 Å². The van der Waals surface area contributed by atoms with Crippen LogP contribution in [0.15, 0.2) is 18.2 Å². The Bertz CT molecular complexity index is 424. The maximum Gasteiger partial charge on any atom is 0.123 e. The van der Waals surface area contributed by atoms with Gasteiger partial charge in [-0.1, -0.05) is 6.07 Å². The number of fused-ring (bicyclic) bond motifs is 1. The van der Waals surface area contributed by atoms with Crippen LogP contribution in [-0.2, 0) is 6.42 Å². The van der Waals surface area contributed by atoms with Crippen molar-refractivity contribution in [1.29, 1.82) is 0 Å². The van der Waals surface area contributed by atoms with Crippen LogP contribution in [0.1, 0.15) is 42.9 Å². The molecule has 3 heteroatoms. The fourth-order valence-electron chi connectivity index (χ4n) is 3.10. The van der Waals surface area contributed by atoms with E-state index in [9.17, 15) is 5.11 Å². The monoisotopic (exact) mass is 233 g/mol. The predicted molar refractivity (Wildman–Crippen MR) is 66.0 cm³/mol. The molecule has 0 saturated heterocycles. The van der Waals surface area contributed by atoms with Gasteiger partial charge in [-0.25, -0.2) is 0 Å². The van der Waals surface area contributed by atoms with Gasteiger partial charge in [-0.15, -0.1) is 0 Å². The fourth-order valence-corrected chi connectivity index (χ4v) is 3.10. The van der Waals surface area contributed by atoms with E-state index in [1.165, 1.54) is 18.4 Å². The summed E-state index contributed by atoms with van der Waals surface area (Å²) in [6.45, 7) is 0.269. The van der Waals surface area contributed by atoms with Gasteiger partial charge in [0.1, 0.15) is 11.4 Å². The number of aliphatic hydroxyl groups excluding tert-OH is 1. The molecule has 1 aromatic rings. The molecular weight excluding hydrogens is 214 g/mol. The zero-order valence-corrected chi connectivity index (χ0v) is 9.98. The Kier molecular flexibility index (Phi) is 2.60. The maximum atomic E-state index is 9.75. The molecule has 17 heavy (non-hydrogen) atoms. The number of hydrogen-bond donors (Lipinski definition) is 2. The van der Waals surface area contributed by atoms with Crippen LogP contribution in [0.2, 0.25) is 0 Å². The van der Waals surface area contributed by atoms with E-state index in [0.717, 1.165) is 30.6 Å². The van der Waals surface area contributed by atoms with E-state index < -0.39 is 6.10 Å². The Labute approximate surface area is 102 Å². The lowest BCUT2D eigenvalue weighted by atomic mass is 9.94. The highest BCUT2D eigenvalue weighted by molar-refractivity contribution is 5.43. The molecule has 0 aromatic heterocycles. The molecule has 0 bridgehead atoms. The van der Waals surface area contributed by atoms with E-state index in [-0.39, 0.29) is 12.1 Å². The van der Waals surface area contributed by atoms with Gasteiger partial charge < -0.3 is 15.6 Å². The zero-order chi connectivity index (χ0) is 11.9. The van der Waals surface area contributed by atoms with Gasteiger partial charge >= 0.3 is 0 Å². The average Bonchev–Trinajstić information content (AvgIpc) is 2.94. The lowest BCUT2D eigenvalue weighted by Gasteiger charge is -2.22. The molecule has 1 aromatic carbocycles. The van der Waals surface area contributed by atoms with Crippen molar-refractivity contribution in [3.8, 4) is 5.75 Å². The van der Waals surface area contributed by atoms with E-state index in [1.807, 2.05) is 12.1 Å². The number of aliphatic hydroxyl groups is 1. The SMILES string of the molecule is NCC(O)c1ccc2c(c1)CC1(CCCC1)O2. The van der Waals surface area contributed by atoms with Crippen LogP contribution in [-0.4, -0.2) is 17.3 Å². The zero-order valence-electron chi connectivity index (χ0n) is 9.98. The largest absolute Gasteiger partial charge is 0.487 e. The smallest absolute Gasteiger partial charge is 0.123 e. The minimum atomic E-state index is -0.555. The van der Waals surface area contributed by atoms with E-state index in [0.29, 0.717) is 0 Å². The summed E-state index contributed by atoms with van der Waals surface area (Å²) in [7, 11) is 0. The third-order valence-corrected chi connectivity index (χ3v) is 4.05. The summed E-state index contributed by atoms with van der Waals surface area (Å²) in [5, 5.41) is 9.75. The number of hydrogen-bond acceptors (Lipinski definition) is 3. The first-order valence-electron chi connectivity index (χ1n) is 6.42. The van der Waals surface area contributed by atoms with Crippen molar-refractivity contribution in [1.82, 2.24) is 0 Å². The molecular formula is C14H19NO2.